The summed E-state index contributed by atoms with van der Waals surface area (Å²) in [5.74, 6) is 0.237. The van der Waals surface area contributed by atoms with Gasteiger partial charge in [-0.25, -0.2) is 0 Å². The molecule has 23 heavy (non-hydrogen) atoms. The van der Waals surface area contributed by atoms with E-state index in [0.717, 1.165) is 29.4 Å². The Bertz CT molecular complexity index is 816. The molecule has 0 atom stereocenters. The van der Waals surface area contributed by atoms with E-state index in [2.05, 4.69) is 37.0 Å². The van der Waals surface area contributed by atoms with Gasteiger partial charge in [-0.15, -0.1) is 15.0 Å². The van der Waals surface area contributed by atoms with Gasteiger partial charge in [0.1, 0.15) is 22.5 Å². The van der Waals surface area contributed by atoms with Crippen LogP contribution >= 0.6 is 0 Å². The van der Waals surface area contributed by atoms with E-state index in [1.54, 1.807) is 4.80 Å². The zero-order valence-corrected chi connectivity index (χ0v) is 14.2. The molecular formula is C19H23N3O. The SMILES string of the molecule is CCCC(C)(C)c1cc(C)c(O)c(-n2nc3ccccc3n2)c1. The fourth-order valence-electron chi connectivity index (χ4n) is 3.04. The van der Waals surface area contributed by atoms with E-state index in [-0.39, 0.29) is 11.2 Å². The van der Waals surface area contributed by atoms with Gasteiger partial charge < -0.3 is 5.11 Å². The summed E-state index contributed by atoms with van der Waals surface area (Å²) >= 11 is 0. The van der Waals surface area contributed by atoms with Crippen LogP contribution in [0.4, 0.5) is 0 Å². The lowest BCUT2D eigenvalue weighted by Crippen LogP contribution is -2.17. The minimum atomic E-state index is 0.0501. The molecule has 1 heterocycles. The lowest BCUT2D eigenvalue weighted by molar-refractivity contribution is 0.454. The van der Waals surface area contributed by atoms with Crippen LogP contribution in [0, 0.1) is 6.92 Å². The first-order valence-electron chi connectivity index (χ1n) is 8.09. The number of hydrogen-bond acceptors (Lipinski definition) is 3. The maximum absolute atomic E-state index is 10.5. The number of benzene rings is 2. The second kappa shape index (κ2) is 5.69. The molecule has 0 radical (unpaired) electrons. The van der Waals surface area contributed by atoms with Gasteiger partial charge in [0.15, 0.2) is 0 Å². The number of phenolic OH excluding ortho intramolecular Hbond substituents is 1. The molecule has 0 saturated heterocycles. The first-order valence-corrected chi connectivity index (χ1v) is 8.09. The Labute approximate surface area is 136 Å². The molecule has 0 aliphatic rings. The van der Waals surface area contributed by atoms with Gasteiger partial charge in [-0.1, -0.05) is 45.4 Å². The van der Waals surface area contributed by atoms with Crippen LogP contribution in [-0.4, -0.2) is 20.1 Å². The Kier molecular flexibility index (Phi) is 3.84. The predicted molar refractivity (Wildman–Crippen MR) is 93.2 cm³/mol. The van der Waals surface area contributed by atoms with Crippen molar-refractivity contribution in [1.29, 1.82) is 0 Å². The Morgan fingerprint density at radius 1 is 1.09 bits per heavy atom. The molecule has 0 fully saturated rings. The summed E-state index contributed by atoms with van der Waals surface area (Å²) in [4.78, 5) is 1.54. The first kappa shape index (κ1) is 15.5. The molecule has 0 bridgehead atoms. The number of aryl methyl sites for hydroxylation is 1. The van der Waals surface area contributed by atoms with Crippen LogP contribution in [-0.2, 0) is 5.41 Å². The highest BCUT2D eigenvalue weighted by atomic mass is 16.3. The number of fused-ring (bicyclic) bond motifs is 1. The minimum absolute atomic E-state index is 0.0501. The second-order valence-corrected chi connectivity index (χ2v) is 6.77. The van der Waals surface area contributed by atoms with Gasteiger partial charge in [0, 0.05) is 0 Å². The number of aromatic nitrogens is 3. The number of phenols is 1. The fourth-order valence-corrected chi connectivity index (χ4v) is 3.04. The van der Waals surface area contributed by atoms with Crippen molar-refractivity contribution in [2.75, 3.05) is 0 Å². The highest BCUT2D eigenvalue weighted by Gasteiger charge is 2.23. The van der Waals surface area contributed by atoms with Gasteiger partial charge in [-0.05, 0) is 48.1 Å². The van der Waals surface area contributed by atoms with Gasteiger partial charge in [0.25, 0.3) is 0 Å². The van der Waals surface area contributed by atoms with Crippen molar-refractivity contribution in [1.82, 2.24) is 15.0 Å². The standard InChI is InChI=1S/C19H23N3O/c1-5-10-19(3,4)14-11-13(2)18(23)17(12-14)22-20-15-8-6-7-9-16(15)21-22/h6-9,11-12,23H,5,10H2,1-4H3. The second-order valence-electron chi connectivity index (χ2n) is 6.77. The van der Waals surface area contributed by atoms with Gasteiger partial charge in [-0.3, -0.25) is 0 Å². The van der Waals surface area contributed by atoms with Crippen LogP contribution in [0.1, 0.15) is 44.7 Å². The van der Waals surface area contributed by atoms with Crippen LogP contribution in [0.15, 0.2) is 36.4 Å². The third-order valence-electron chi connectivity index (χ3n) is 4.44. The van der Waals surface area contributed by atoms with Crippen LogP contribution in [0.2, 0.25) is 0 Å². The Hall–Kier alpha value is -2.36. The first-order chi connectivity index (χ1) is 10.9. The fraction of sp³-hybridized carbons (Fsp3) is 0.368. The molecule has 0 amide bonds. The normalized spacial score (nSPS) is 12.0. The van der Waals surface area contributed by atoms with Crippen LogP contribution in [0.3, 0.4) is 0 Å². The van der Waals surface area contributed by atoms with Crippen molar-refractivity contribution in [2.24, 2.45) is 0 Å². The molecule has 0 aliphatic heterocycles. The molecule has 120 valence electrons. The molecule has 0 unspecified atom stereocenters. The zero-order chi connectivity index (χ0) is 16.6. The summed E-state index contributed by atoms with van der Waals surface area (Å²) in [7, 11) is 0. The van der Waals surface area contributed by atoms with E-state index in [4.69, 9.17) is 0 Å². The molecular weight excluding hydrogens is 286 g/mol. The topological polar surface area (TPSA) is 50.9 Å². The molecule has 1 aromatic heterocycles. The van der Waals surface area contributed by atoms with Crippen molar-refractivity contribution in [2.45, 2.75) is 46.0 Å². The summed E-state index contributed by atoms with van der Waals surface area (Å²) in [5.41, 5.74) is 4.38. The molecule has 4 heteroatoms. The monoisotopic (exact) mass is 309 g/mol. The summed E-state index contributed by atoms with van der Waals surface area (Å²) in [6.07, 6.45) is 2.21. The van der Waals surface area contributed by atoms with Gasteiger partial charge in [-0.2, -0.15) is 0 Å². The average molecular weight is 309 g/mol. The predicted octanol–water partition coefficient (Wildman–Crippen LogP) is 4.51. The third-order valence-corrected chi connectivity index (χ3v) is 4.44. The largest absolute Gasteiger partial charge is 0.505 e. The maximum Gasteiger partial charge on any atom is 0.146 e. The Morgan fingerprint density at radius 2 is 1.70 bits per heavy atom. The maximum atomic E-state index is 10.5. The van der Waals surface area contributed by atoms with E-state index >= 15 is 0 Å². The van der Waals surface area contributed by atoms with Crippen molar-refractivity contribution >= 4 is 11.0 Å². The Morgan fingerprint density at radius 3 is 2.26 bits per heavy atom. The van der Waals surface area contributed by atoms with Crippen LogP contribution in [0.25, 0.3) is 16.7 Å². The van der Waals surface area contributed by atoms with E-state index in [1.807, 2.05) is 37.3 Å². The molecule has 3 aromatic rings. The molecule has 3 rings (SSSR count). The highest BCUT2D eigenvalue weighted by Crippen LogP contribution is 2.35. The van der Waals surface area contributed by atoms with Crippen LogP contribution in [0.5, 0.6) is 5.75 Å². The van der Waals surface area contributed by atoms with Crippen molar-refractivity contribution in [3.05, 3.63) is 47.5 Å². The summed E-state index contributed by atoms with van der Waals surface area (Å²) in [6, 6.07) is 11.8. The number of hydrogen-bond donors (Lipinski definition) is 1. The number of rotatable bonds is 4. The zero-order valence-electron chi connectivity index (χ0n) is 14.2. The Balaban J connectivity index is 2.16. The molecule has 0 saturated carbocycles. The van der Waals surface area contributed by atoms with Gasteiger partial charge >= 0.3 is 0 Å². The summed E-state index contributed by atoms with van der Waals surface area (Å²) in [6.45, 7) is 8.59. The van der Waals surface area contributed by atoms with Crippen molar-refractivity contribution in [3.8, 4) is 11.4 Å². The molecule has 2 aromatic carbocycles. The van der Waals surface area contributed by atoms with E-state index in [0.29, 0.717) is 5.69 Å². The third kappa shape index (κ3) is 2.81. The summed E-state index contributed by atoms with van der Waals surface area (Å²) in [5, 5.41) is 19.5. The van der Waals surface area contributed by atoms with Crippen molar-refractivity contribution in [3.63, 3.8) is 0 Å². The van der Waals surface area contributed by atoms with Gasteiger partial charge in [0.05, 0.1) is 0 Å². The average Bonchev–Trinajstić information content (AvgIpc) is 2.93. The van der Waals surface area contributed by atoms with E-state index < -0.39 is 0 Å². The summed E-state index contributed by atoms with van der Waals surface area (Å²) < 4.78 is 0. The number of nitrogens with zero attached hydrogens (tertiary/aromatic N) is 3. The lowest BCUT2D eigenvalue weighted by atomic mass is 9.80. The minimum Gasteiger partial charge on any atom is -0.505 e. The van der Waals surface area contributed by atoms with E-state index in [9.17, 15) is 5.11 Å². The molecule has 0 spiro atoms. The molecule has 0 aliphatic carbocycles. The molecule has 1 N–H and O–H groups in total. The van der Waals surface area contributed by atoms with Crippen LogP contribution < -0.4 is 0 Å². The van der Waals surface area contributed by atoms with Crippen molar-refractivity contribution < 1.29 is 5.11 Å². The highest BCUT2D eigenvalue weighted by molar-refractivity contribution is 5.73. The molecule has 4 nitrogen and oxygen atoms in total. The number of aromatic hydroxyl groups is 1. The van der Waals surface area contributed by atoms with Gasteiger partial charge in [0.2, 0.25) is 0 Å². The smallest absolute Gasteiger partial charge is 0.146 e. The quantitative estimate of drug-likeness (QED) is 0.771. The lowest BCUT2D eigenvalue weighted by Gasteiger charge is -2.26. The van der Waals surface area contributed by atoms with E-state index in [1.165, 1.54) is 5.56 Å².